The summed E-state index contributed by atoms with van der Waals surface area (Å²) < 4.78 is 14.1. The van der Waals surface area contributed by atoms with Crippen LogP contribution in [0.25, 0.3) is 0 Å². The molecule has 0 amide bonds. The van der Waals surface area contributed by atoms with Gasteiger partial charge in [-0.25, -0.2) is 0 Å². The Hall–Kier alpha value is -1.49. The molecule has 2 saturated carbocycles. The molecule has 0 heterocycles. The summed E-state index contributed by atoms with van der Waals surface area (Å²) in [6.07, 6.45) is 5.05. The van der Waals surface area contributed by atoms with Crippen molar-refractivity contribution in [3.05, 3.63) is 39.7 Å². The van der Waals surface area contributed by atoms with E-state index in [9.17, 15) is 14.5 Å². The first-order chi connectivity index (χ1) is 9.63. The van der Waals surface area contributed by atoms with Crippen LogP contribution < -0.4 is 0 Å². The average Bonchev–Trinajstić information content (AvgIpc) is 3.27. The smallest absolute Gasteiger partial charge is 0.298 e. The Morgan fingerprint density at radius 1 is 1.20 bits per heavy atom. The van der Waals surface area contributed by atoms with Crippen LogP contribution in [0.4, 0.5) is 10.1 Å². The fourth-order valence-corrected chi connectivity index (χ4v) is 2.61. The largest absolute Gasteiger partial charge is 0.305 e. The van der Waals surface area contributed by atoms with Crippen LogP contribution in [0, 0.1) is 27.8 Å². The van der Waals surface area contributed by atoms with Gasteiger partial charge < -0.3 is 0 Å². The van der Waals surface area contributed by atoms with Crippen LogP contribution in [0.15, 0.2) is 18.2 Å². The maximum absolute atomic E-state index is 14.1. The van der Waals surface area contributed by atoms with Crippen LogP contribution >= 0.6 is 0 Å². The second kappa shape index (κ2) is 5.48. The van der Waals surface area contributed by atoms with Crippen LogP contribution in [0.2, 0.25) is 0 Å². The van der Waals surface area contributed by atoms with E-state index < -0.39 is 16.4 Å². The van der Waals surface area contributed by atoms with Crippen LogP contribution in [0.5, 0.6) is 0 Å². The maximum atomic E-state index is 14.1. The Balaban J connectivity index is 1.72. The Bertz CT molecular complexity index is 499. The summed E-state index contributed by atoms with van der Waals surface area (Å²) in [4.78, 5) is 12.4. The molecular weight excluding hydrogens is 259 g/mol. The summed E-state index contributed by atoms with van der Waals surface area (Å²) in [5.41, 5.74) is 0.0285. The molecule has 20 heavy (non-hydrogen) atoms. The van der Waals surface area contributed by atoms with Crippen molar-refractivity contribution in [2.45, 2.75) is 32.2 Å². The molecule has 3 rings (SSSR count). The number of nitro groups is 1. The van der Waals surface area contributed by atoms with Crippen LogP contribution in [0.1, 0.15) is 31.2 Å². The normalized spacial score (nSPS) is 18.5. The molecule has 0 N–H and O–H groups in total. The minimum absolute atomic E-state index is 0.416. The van der Waals surface area contributed by atoms with Gasteiger partial charge in [-0.1, -0.05) is 12.1 Å². The van der Waals surface area contributed by atoms with Crippen LogP contribution in [-0.4, -0.2) is 22.9 Å². The van der Waals surface area contributed by atoms with E-state index in [0.717, 1.165) is 24.9 Å². The van der Waals surface area contributed by atoms with Crippen molar-refractivity contribution in [1.29, 1.82) is 0 Å². The van der Waals surface area contributed by atoms with Crippen molar-refractivity contribution in [2.75, 3.05) is 13.1 Å². The lowest BCUT2D eigenvalue weighted by atomic mass is 10.1. The lowest BCUT2D eigenvalue weighted by molar-refractivity contribution is -0.387. The summed E-state index contributed by atoms with van der Waals surface area (Å²) in [6, 6.07) is 4.46. The van der Waals surface area contributed by atoms with Gasteiger partial charge in [-0.15, -0.1) is 0 Å². The van der Waals surface area contributed by atoms with Crippen LogP contribution in [-0.2, 0) is 6.54 Å². The monoisotopic (exact) mass is 278 g/mol. The molecule has 4 nitrogen and oxygen atoms in total. The van der Waals surface area contributed by atoms with Crippen molar-refractivity contribution in [2.24, 2.45) is 11.8 Å². The van der Waals surface area contributed by atoms with Crippen molar-refractivity contribution in [3.63, 3.8) is 0 Å². The van der Waals surface area contributed by atoms with Gasteiger partial charge in [-0.05, 0) is 37.5 Å². The molecule has 0 bridgehead atoms. The molecule has 1 aromatic rings. The van der Waals surface area contributed by atoms with E-state index in [4.69, 9.17) is 0 Å². The van der Waals surface area contributed by atoms with Gasteiger partial charge in [0.05, 0.1) is 4.92 Å². The number of rotatable bonds is 7. The molecule has 2 aliphatic rings. The predicted octanol–water partition coefficient (Wildman–Crippen LogP) is 3.36. The Kier molecular flexibility index (Phi) is 3.70. The summed E-state index contributed by atoms with van der Waals surface area (Å²) in [7, 11) is 0. The quantitative estimate of drug-likeness (QED) is 0.567. The van der Waals surface area contributed by atoms with Crippen molar-refractivity contribution >= 4 is 5.69 Å². The zero-order valence-electron chi connectivity index (χ0n) is 11.4. The zero-order chi connectivity index (χ0) is 14.1. The highest BCUT2D eigenvalue weighted by atomic mass is 19.1. The molecular formula is C15H19FN2O2. The molecule has 2 aliphatic carbocycles. The van der Waals surface area contributed by atoms with E-state index in [1.165, 1.54) is 31.7 Å². The van der Waals surface area contributed by atoms with E-state index in [1.54, 1.807) is 12.1 Å². The molecule has 5 heteroatoms. The molecule has 0 aliphatic heterocycles. The van der Waals surface area contributed by atoms with Gasteiger partial charge in [0, 0.05) is 31.3 Å². The van der Waals surface area contributed by atoms with Crippen LogP contribution in [0.3, 0.4) is 0 Å². The highest BCUT2D eigenvalue weighted by Crippen LogP contribution is 2.34. The molecule has 0 saturated heterocycles. The average molecular weight is 278 g/mol. The van der Waals surface area contributed by atoms with E-state index in [1.807, 2.05) is 0 Å². The van der Waals surface area contributed by atoms with Gasteiger partial charge >= 0.3 is 5.69 Å². The first-order valence-corrected chi connectivity index (χ1v) is 7.27. The van der Waals surface area contributed by atoms with Crippen molar-refractivity contribution < 1.29 is 9.31 Å². The Labute approximate surface area is 117 Å². The Morgan fingerprint density at radius 2 is 1.80 bits per heavy atom. The summed E-state index contributed by atoms with van der Waals surface area (Å²) >= 11 is 0. The maximum Gasteiger partial charge on any atom is 0.305 e. The van der Waals surface area contributed by atoms with E-state index >= 15 is 0 Å². The van der Waals surface area contributed by atoms with E-state index in [-0.39, 0.29) is 0 Å². The van der Waals surface area contributed by atoms with Gasteiger partial charge in [-0.2, -0.15) is 4.39 Å². The highest BCUT2D eigenvalue weighted by Gasteiger charge is 2.30. The van der Waals surface area contributed by atoms with Gasteiger partial charge in [-0.3, -0.25) is 15.0 Å². The summed E-state index contributed by atoms with van der Waals surface area (Å²) in [6.45, 7) is 2.48. The van der Waals surface area contributed by atoms with Crippen molar-refractivity contribution in [1.82, 2.24) is 4.90 Å². The minimum atomic E-state index is -0.672. The van der Waals surface area contributed by atoms with E-state index in [2.05, 4.69) is 4.90 Å². The molecule has 0 atom stereocenters. The number of hydrogen-bond acceptors (Lipinski definition) is 3. The number of halogens is 1. The third kappa shape index (κ3) is 3.33. The SMILES string of the molecule is O=[N+]([O-])c1cccc(CN(CC2CC2)CC2CC2)c1F. The van der Waals surface area contributed by atoms with Gasteiger partial charge in [0.25, 0.3) is 0 Å². The van der Waals surface area contributed by atoms with Crippen molar-refractivity contribution in [3.8, 4) is 0 Å². The second-order valence-electron chi connectivity index (χ2n) is 6.09. The molecule has 0 unspecified atom stereocenters. The van der Waals surface area contributed by atoms with Gasteiger partial charge in [0.1, 0.15) is 0 Å². The molecule has 0 radical (unpaired) electrons. The lowest BCUT2D eigenvalue weighted by Crippen LogP contribution is -2.28. The number of hydrogen-bond donors (Lipinski definition) is 0. The Morgan fingerprint density at radius 3 is 2.30 bits per heavy atom. The van der Waals surface area contributed by atoms with Gasteiger partial charge in [0.15, 0.2) is 0 Å². The number of benzene rings is 1. The lowest BCUT2D eigenvalue weighted by Gasteiger charge is -2.22. The topological polar surface area (TPSA) is 46.4 Å². The zero-order valence-corrected chi connectivity index (χ0v) is 11.4. The minimum Gasteiger partial charge on any atom is -0.298 e. The van der Waals surface area contributed by atoms with E-state index in [0.29, 0.717) is 12.1 Å². The summed E-state index contributed by atoms with van der Waals surface area (Å²) in [5, 5.41) is 10.8. The standard InChI is InChI=1S/C15H19FN2O2/c16-15-13(2-1-3-14(15)18(19)20)10-17(8-11-4-5-11)9-12-6-7-12/h1-3,11-12H,4-10H2. The molecule has 0 aromatic heterocycles. The third-order valence-electron chi connectivity index (χ3n) is 4.08. The molecule has 0 spiro atoms. The van der Waals surface area contributed by atoms with Gasteiger partial charge in [0.2, 0.25) is 5.82 Å². The molecule has 108 valence electrons. The first kappa shape index (κ1) is 13.5. The first-order valence-electron chi connectivity index (χ1n) is 7.27. The summed E-state index contributed by atoms with van der Waals surface area (Å²) in [5.74, 6) is 0.820. The number of nitrogens with zero attached hydrogens (tertiary/aromatic N) is 2. The fourth-order valence-electron chi connectivity index (χ4n) is 2.61. The second-order valence-corrected chi connectivity index (χ2v) is 6.09. The molecule has 2 fully saturated rings. The fraction of sp³-hybridized carbons (Fsp3) is 0.600. The number of nitro benzene ring substituents is 1. The predicted molar refractivity (Wildman–Crippen MR) is 73.8 cm³/mol. The molecule has 1 aromatic carbocycles. The third-order valence-corrected chi connectivity index (χ3v) is 4.08. The highest BCUT2D eigenvalue weighted by molar-refractivity contribution is 5.36.